The normalized spacial score (nSPS) is 16.5. The van der Waals surface area contributed by atoms with E-state index < -0.39 is 23.4 Å². The highest BCUT2D eigenvalue weighted by atomic mass is 35.5. The first kappa shape index (κ1) is 29.6. The van der Waals surface area contributed by atoms with Gasteiger partial charge in [0.1, 0.15) is 5.60 Å². The van der Waals surface area contributed by atoms with Crippen molar-refractivity contribution in [3.8, 4) is 0 Å². The smallest absolute Gasteiger partial charge is 0.416 e. The summed E-state index contributed by atoms with van der Waals surface area (Å²) in [4.78, 5) is 16.4. The predicted molar refractivity (Wildman–Crippen MR) is 143 cm³/mol. The summed E-state index contributed by atoms with van der Waals surface area (Å²) in [6, 6.07) is 11.4. The van der Waals surface area contributed by atoms with Crippen LogP contribution in [-0.2, 0) is 10.9 Å². The molecular formula is C28H35Cl2F3N2O2. The van der Waals surface area contributed by atoms with Crippen LogP contribution in [0.15, 0.2) is 42.5 Å². The molecule has 1 aliphatic heterocycles. The molecule has 3 rings (SSSR count). The van der Waals surface area contributed by atoms with Crippen molar-refractivity contribution in [1.29, 1.82) is 0 Å². The number of piperidine rings is 1. The minimum atomic E-state index is -4.35. The molecule has 1 unspecified atom stereocenters. The van der Waals surface area contributed by atoms with Crippen molar-refractivity contribution in [3.05, 3.63) is 69.2 Å². The van der Waals surface area contributed by atoms with Crippen LogP contribution >= 0.6 is 23.2 Å². The molecule has 0 saturated carbocycles. The molecule has 1 aliphatic rings. The Morgan fingerprint density at radius 3 is 2.32 bits per heavy atom. The number of carbonyl (C=O) groups excluding carboxylic acids is 1. The zero-order chi connectivity index (χ0) is 27.4. The van der Waals surface area contributed by atoms with Crippen LogP contribution in [0, 0.1) is 0 Å². The van der Waals surface area contributed by atoms with E-state index in [1.165, 1.54) is 12.1 Å². The number of rotatable bonds is 7. The van der Waals surface area contributed by atoms with Crippen molar-refractivity contribution >= 4 is 29.3 Å². The van der Waals surface area contributed by atoms with Crippen molar-refractivity contribution < 1.29 is 22.7 Å². The summed E-state index contributed by atoms with van der Waals surface area (Å²) in [6.07, 6.45) is -2.66. The summed E-state index contributed by atoms with van der Waals surface area (Å²) in [7, 11) is 1.71. The molecule has 0 N–H and O–H groups in total. The van der Waals surface area contributed by atoms with E-state index in [1.807, 2.05) is 32.9 Å². The second-order valence-electron chi connectivity index (χ2n) is 10.7. The van der Waals surface area contributed by atoms with Crippen molar-refractivity contribution in [2.24, 2.45) is 0 Å². The third kappa shape index (κ3) is 8.52. The second-order valence-corrected chi connectivity index (χ2v) is 11.5. The van der Waals surface area contributed by atoms with E-state index in [-0.39, 0.29) is 11.8 Å². The Labute approximate surface area is 227 Å². The fourth-order valence-electron chi connectivity index (χ4n) is 4.79. The molecule has 9 heteroatoms. The van der Waals surface area contributed by atoms with E-state index in [1.54, 1.807) is 30.1 Å². The third-order valence-corrected chi connectivity index (χ3v) is 7.44. The zero-order valence-corrected chi connectivity index (χ0v) is 23.3. The van der Waals surface area contributed by atoms with E-state index in [0.29, 0.717) is 48.1 Å². The minimum Gasteiger partial charge on any atom is -0.444 e. The summed E-state index contributed by atoms with van der Waals surface area (Å²) in [5, 5.41) is 0.916. The van der Waals surface area contributed by atoms with Crippen LogP contribution in [0.1, 0.15) is 68.6 Å². The van der Waals surface area contributed by atoms with Gasteiger partial charge in [-0.2, -0.15) is 13.2 Å². The van der Waals surface area contributed by atoms with Gasteiger partial charge >= 0.3 is 12.3 Å². The molecule has 1 fully saturated rings. The zero-order valence-electron chi connectivity index (χ0n) is 21.7. The van der Waals surface area contributed by atoms with Crippen LogP contribution in [0.3, 0.4) is 0 Å². The number of ether oxygens (including phenoxy) is 1. The van der Waals surface area contributed by atoms with Gasteiger partial charge in [-0.15, -0.1) is 0 Å². The van der Waals surface area contributed by atoms with Gasteiger partial charge in [0.25, 0.3) is 0 Å². The number of nitrogens with zero attached hydrogens (tertiary/aromatic N) is 2. The van der Waals surface area contributed by atoms with Crippen molar-refractivity contribution in [3.63, 3.8) is 0 Å². The second kappa shape index (κ2) is 12.3. The Bertz CT molecular complexity index is 1060. The molecule has 0 spiro atoms. The average Bonchev–Trinajstić information content (AvgIpc) is 2.82. The topological polar surface area (TPSA) is 32.8 Å². The van der Waals surface area contributed by atoms with Gasteiger partial charge in [-0.1, -0.05) is 47.5 Å². The largest absolute Gasteiger partial charge is 0.444 e. The third-order valence-electron chi connectivity index (χ3n) is 6.70. The quantitative estimate of drug-likeness (QED) is 0.343. The first-order valence-corrected chi connectivity index (χ1v) is 13.3. The molecule has 1 atom stereocenters. The van der Waals surface area contributed by atoms with Gasteiger partial charge in [-0.25, -0.2) is 4.79 Å². The number of hydrogen-bond acceptors (Lipinski definition) is 3. The highest BCUT2D eigenvalue weighted by Gasteiger charge is 2.35. The summed E-state index contributed by atoms with van der Waals surface area (Å²) in [5.74, 6) is -0.130. The molecule has 2 aromatic rings. The fraction of sp³-hybridized carbons (Fsp3) is 0.536. The van der Waals surface area contributed by atoms with Gasteiger partial charge in [0.05, 0.1) is 15.6 Å². The molecule has 0 radical (unpaired) electrons. The number of hydrogen-bond donors (Lipinski definition) is 0. The van der Waals surface area contributed by atoms with E-state index in [9.17, 15) is 18.0 Å². The lowest BCUT2D eigenvalue weighted by Gasteiger charge is -2.34. The van der Waals surface area contributed by atoms with Gasteiger partial charge in [-0.05, 0) is 94.9 Å². The standard InChI is InChI=1S/C28H35Cl2F3N2O2/c1-27(2,3)37-26(36)34(4)18-21(20-9-10-24(29)25(30)17-20)13-16-35-14-11-19(12-15-35)22-7-5-6-8-23(22)28(31,32)33/h5-10,17,19,21H,11-16,18H2,1-4H3. The number of alkyl halides is 3. The van der Waals surface area contributed by atoms with Crippen LogP contribution in [0.4, 0.5) is 18.0 Å². The van der Waals surface area contributed by atoms with Crippen molar-refractivity contribution in [2.75, 3.05) is 33.2 Å². The summed E-state index contributed by atoms with van der Waals surface area (Å²) < 4.78 is 46.0. The molecule has 4 nitrogen and oxygen atoms in total. The number of likely N-dealkylation sites (tertiary alicyclic amines) is 1. The highest BCUT2D eigenvalue weighted by Crippen LogP contribution is 2.39. The maximum absolute atomic E-state index is 13.5. The van der Waals surface area contributed by atoms with Gasteiger partial charge in [-0.3, -0.25) is 0 Å². The molecule has 0 aromatic heterocycles. The Balaban J connectivity index is 1.65. The Morgan fingerprint density at radius 2 is 1.73 bits per heavy atom. The van der Waals surface area contributed by atoms with Crippen molar-refractivity contribution in [2.45, 2.75) is 63.6 Å². The van der Waals surface area contributed by atoms with Crippen LogP contribution < -0.4 is 0 Å². The molecule has 1 heterocycles. The number of halogens is 5. The Kier molecular flexibility index (Phi) is 9.81. The fourth-order valence-corrected chi connectivity index (χ4v) is 5.10. The number of benzene rings is 2. The molecule has 0 aliphatic carbocycles. The van der Waals surface area contributed by atoms with E-state index in [0.717, 1.165) is 18.5 Å². The van der Waals surface area contributed by atoms with Crippen LogP contribution in [0.25, 0.3) is 0 Å². The van der Waals surface area contributed by atoms with E-state index >= 15 is 0 Å². The Hall–Kier alpha value is -1.96. The van der Waals surface area contributed by atoms with E-state index in [2.05, 4.69) is 4.90 Å². The molecule has 2 aromatic carbocycles. The van der Waals surface area contributed by atoms with E-state index in [4.69, 9.17) is 27.9 Å². The van der Waals surface area contributed by atoms with Gasteiger partial charge in [0.2, 0.25) is 0 Å². The molecule has 0 bridgehead atoms. The maximum atomic E-state index is 13.5. The molecule has 37 heavy (non-hydrogen) atoms. The molecular weight excluding hydrogens is 524 g/mol. The summed E-state index contributed by atoms with van der Waals surface area (Å²) >= 11 is 12.4. The highest BCUT2D eigenvalue weighted by molar-refractivity contribution is 6.42. The van der Waals surface area contributed by atoms with Gasteiger partial charge in [0.15, 0.2) is 0 Å². The SMILES string of the molecule is CN(CC(CCN1CCC(c2ccccc2C(F)(F)F)CC1)c1ccc(Cl)c(Cl)c1)C(=O)OC(C)(C)C. The van der Waals surface area contributed by atoms with Gasteiger partial charge in [0, 0.05) is 19.5 Å². The first-order chi connectivity index (χ1) is 17.2. The molecule has 1 amide bonds. The van der Waals surface area contributed by atoms with Crippen LogP contribution in [0.2, 0.25) is 10.0 Å². The lowest BCUT2D eigenvalue weighted by atomic mass is 9.86. The average molecular weight is 560 g/mol. The monoisotopic (exact) mass is 558 g/mol. The van der Waals surface area contributed by atoms with Gasteiger partial charge < -0.3 is 14.5 Å². The first-order valence-electron chi connectivity index (χ1n) is 12.5. The van der Waals surface area contributed by atoms with Crippen LogP contribution in [-0.4, -0.2) is 54.7 Å². The number of likely N-dealkylation sites (N-methyl/N-ethyl adjacent to an activating group) is 1. The maximum Gasteiger partial charge on any atom is 0.416 e. The predicted octanol–water partition coefficient (Wildman–Crippen LogP) is 8.23. The van der Waals surface area contributed by atoms with Crippen LogP contribution in [0.5, 0.6) is 0 Å². The summed E-state index contributed by atoms with van der Waals surface area (Å²) in [6.45, 7) is 8.09. The number of amides is 1. The molecule has 1 saturated heterocycles. The minimum absolute atomic E-state index is 0.0176. The molecule has 204 valence electrons. The lowest BCUT2D eigenvalue weighted by molar-refractivity contribution is -0.138. The Morgan fingerprint density at radius 1 is 1.08 bits per heavy atom. The number of carbonyl (C=O) groups is 1. The summed E-state index contributed by atoms with van der Waals surface area (Å²) in [5.41, 5.74) is 0.235. The van der Waals surface area contributed by atoms with Crippen molar-refractivity contribution in [1.82, 2.24) is 9.80 Å². The lowest BCUT2D eigenvalue weighted by Crippen LogP contribution is -2.38.